The van der Waals surface area contributed by atoms with Crippen molar-refractivity contribution in [2.45, 2.75) is 37.3 Å². The Morgan fingerprint density at radius 2 is 2.20 bits per heavy atom. The highest BCUT2D eigenvalue weighted by atomic mass is 19.1. The first-order chi connectivity index (χ1) is 7.12. The van der Waals surface area contributed by atoms with Gasteiger partial charge in [-0.2, -0.15) is 4.98 Å². The molecule has 1 aliphatic heterocycles. The summed E-state index contributed by atoms with van der Waals surface area (Å²) in [5.41, 5.74) is -1.40. The highest BCUT2D eigenvalue weighted by molar-refractivity contribution is 5.16. The van der Waals surface area contributed by atoms with Gasteiger partial charge in [0.05, 0.1) is 0 Å². The second kappa shape index (κ2) is 2.78. The average Bonchev–Trinajstić information content (AvgIpc) is 2.74. The van der Waals surface area contributed by atoms with E-state index in [-0.39, 0.29) is 17.9 Å². The van der Waals surface area contributed by atoms with Crippen LogP contribution in [0.25, 0.3) is 0 Å². The van der Waals surface area contributed by atoms with Gasteiger partial charge in [-0.15, -0.1) is 0 Å². The van der Waals surface area contributed by atoms with Gasteiger partial charge in [-0.1, -0.05) is 12.1 Å². The van der Waals surface area contributed by atoms with Crippen LogP contribution in [0.2, 0.25) is 0 Å². The second-order valence-electron chi connectivity index (χ2n) is 4.88. The molecule has 0 bridgehead atoms. The maximum absolute atomic E-state index is 14.2. The molecule has 2 aliphatic rings. The monoisotopic (exact) mass is 211 g/mol. The number of aromatic nitrogens is 2. The van der Waals surface area contributed by atoms with E-state index in [0.717, 1.165) is 12.8 Å². The van der Waals surface area contributed by atoms with Crippen molar-refractivity contribution in [1.29, 1.82) is 0 Å². The van der Waals surface area contributed by atoms with Crippen LogP contribution in [0.4, 0.5) is 4.39 Å². The molecule has 2 heterocycles. The molecule has 1 aromatic rings. The number of halogens is 1. The van der Waals surface area contributed by atoms with Crippen molar-refractivity contribution in [2.24, 2.45) is 0 Å². The first-order valence-corrected chi connectivity index (χ1v) is 5.37. The van der Waals surface area contributed by atoms with Crippen LogP contribution in [0.3, 0.4) is 0 Å². The quantitative estimate of drug-likeness (QED) is 0.800. The highest BCUT2D eigenvalue weighted by Gasteiger charge is 2.47. The Hall–Kier alpha value is -0.970. The Balaban J connectivity index is 1.90. The molecule has 1 atom stereocenters. The van der Waals surface area contributed by atoms with E-state index in [0.29, 0.717) is 18.8 Å². The minimum atomic E-state index is -1.45. The number of rotatable bonds is 2. The molecule has 1 aliphatic carbocycles. The number of nitrogens with zero attached hydrogens (tertiary/aromatic N) is 2. The van der Waals surface area contributed by atoms with Crippen molar-refractivity contribution < 1.29 is 8.91 Å². The molecule has 82 valence electrons. The Kier molecular flexibility index (Phi) is 1.72. The highest BCUT2D eigenvalue weighted by Crippen LogP contribution is 2.46. The molecule has 4 nitrogen and oxygen atoms in total. The lowest BCUT2D eigenvalue weighted by molar-refractivity contribution is 0.133. The van der Waals surface area contributed by atoms with E-state index in [1.807, 2.05) is 0 Å². The topological polar surface area (TPSA) is 51.0 Å². The average molecular weight is 211 g/mol. The smallest absolute Gasteiger partial charge is 0.265 e. The fraction of sp³-hybridized carbons (Fsp3) is 0.800. The minimum absolute atomic E-state index is 0.0458. The van der Waals surface area contributed by atoms with Crippen LogP contribution in [0.15, 0.2) is 4.52 Å². The van der Waals surface area contributed by atoms with Crippen LogP contribution >= 0.6 is 0 Å². The Bertz CT molecular complexity index is 380. The van der Waals surface area contributed by atoms with E-state index in [4.69, 9.17) is 4.52 Å². The molecule has 1 saturated heterocycles. The molecule has 3 rings (SSSR count). The summed E-state index contributed by atoms with van der Waals surface area (Å²) < 4.78 is 19.2. The van der Waals surface area contributed by atoms with Gasteiger partial charge in [0.1, 0.15) is 0 Å². The van der Waals surface area contributed by atoms with Gasteiger partial charge in [0, 0.05) is 18.4 Å². The second-order valence-corrected chi connectivity index (χ2v) is 4.88. The van der Waals surface area contributed by atoms with Crippen LogP contribution in [-0.2, 0) is 11.1 Å². The molecule has 1 saturated carbocycles. The van der Waals surface area contributed by atoms with Crippen molar-refractivity contribution in [3.8, 4) is 0 Å². The van der Waals surface area contributed by atoms with Crippen molar-refractivity contribution in [3.05, 3.63) is 11.7 Å². The van der Waals surface area contributed by atoms with Gasteiger partial charge in [0.15, 0.2) is 5.82 Å². The third-order valence-electron chi connectivity index (χ3n) is 3.45. The van der Waals surface area contributed by atoms with Gasteiger partial charge in [-0.25, -0.2) is 4.39 Å². The van der Waals surface area contributed by atoms with Crippen molar-refractivity contribution in [2.75, 3.05) is 13.1 Å². The standard InChI is InChI=1S/C10H14FN3O/c1-9(2-3-9)7-13-8(15-14-7)10(11)4-5-12-6-10/h12H,2-6H2,1H3. The molecule has 0 spiro atoms. The van der Waals surface area contributed by atoms with Crippen LogP contribution in [-0.4, -0.2) is 23.2 Å². The maximum Gasteiger partial charge on any atom is 0.265 e. The maximum atomic E-state index is 14.2. The van der Waals surface area contributed by atoms with Crippen LogP contribution in [0, 0.1) is 0 Å². The molecule has 15 heavy (non-hydrogen) atoms. The van der Waals surface area contributed by atoms with Gasteiger partial charge in [0.25, 0.3) is 5.89 Å². The third-order valence-corrected chi connectivity index (χ3v) is 3.45. The number of hydrogen-bond donors (Lipinski definition) is 1. The molecular formula is C10H14FN3O. The minimum Gasteiger partial charge on any atom is -0.336 e. The van der Waals surface area contributed by atoms with E-state index in [1.165, 1.54) is 0 Å². The Labute approximate surface area is 87.2 Å². The van der Waals surface area contributed by atoms with Crippen LogP contribution < -0.4 is 5.32 Å². The van der Waals surface area contributed by atoms with Gasteiger partial charge in [-0.05, 0) is 19.4 Å². The summed E-state index contributed by atoms with van der Waals surface area (Å²) >= 11 is 0. The van der Waals surface area contributed by atoms with E-state index in [9.17, 15) is 4.39 Å². The predicted molar refractivity (Wildman–Crippen MR) is 51.2 cm³/mol. The molecule has 0 amide bonds. The summed E-state index contributed by atoms with van der Waals surface area (Å²) in [7, 11) is 0. The number of alkyl halides is 1. The van der Waals surface area contributed by atoms with E-state index >= 15 is 0 Å². The van der Waals surface area contributed by atoms with E-state index < -0.39 is 5.67 Å². The van der Waals surface area contributed by atoms with Gasteiger partial charge in [-0.3, -0.25) is 0 Å². The summed E-state index contributed by atoms with van der Waals surface area (Å²) in [6, 6.07) is 0. The lowest BCUT2D eigenvalue weighted by Gasteiger charge is -2.11. The largest absolute Gasteiger partial charge is 0.336 e. The van der Waals surface area contributed by atoms with E-state index in [1.54, 1.807) is 0 Å². The molecule has 1 aromatic heterocycles. The molecule has 1 N–H and O–H groups in total. The van der Waals surface area contributed by atoms with Crippen molar-refractivity contribution in [3.63, 3.8) is 0 Å². The summed E-state index contributed by atoms with van der Waals surface area (Å²) in [6.07, 6.45) is 2.57. The molecule has 0 radical (unpaired) electrons. The molecule has 0 aromatic carbocycles. The van der Waals surface area contributed by atoms with Gasteiger partial charge in [0.2, 0.25) is 5.67 Å². The number of hydrogen-bond acceptors (Lipinski definition) is 4. The third kappa shape index (κ3) is 1.37. The van der Waals surface area contributed by atoms with Crippen molar-refractivity contribution in [1.82, 2.24) is 15.5 Å². The summed E-state index contributed by atoms with van der Waals surface area (Å²) in [5.74, 6) is 0.817. The Morgan fingerprint density at radius 3 is 2.80 bits per heavy atom. The normalized spacial score (nSPS) is 33.2. The predicted octanol–water partition coefficient (Wildman–Crippen LogP) is 1.28. The summed E-state index contributed by atoms with van der Waals surface area (Å²) in [4.78, 5) is 4.20. The lowest BCUT2D eigenvalue weighted by atomic mass is 10.1. The van der Waals surface area contributed by atoms with Crippen LogP contribution in [0.5, 0.6) is 0 Å². The first kappa shape index (κ1) is 9.27. The number of nitrogens with one attached hydrogen (secondary N) is 1. The zero-order valence-corrected chi connectivity index (χ0v) is 8.72. The summed E-state index contributed by atoms with van der Waals surface area (Å²) in [6.45, 7) is 3.04. The Morgan fingerprint density at radius 1 is 1.40 bits per heavy atom. The van der Waals surface area contributed by atoms with Crippen molar-refractivity contribution >= 4 is 0 Å². The first-order valence-electron chi connectivity index (χ1n) is 5.37. The molecule has 1 unspecified atom stereocenters. The van der Waals surface area contributed by atoms with Gasteiger partial charge >= 0.3 is 0 Å². The summed E-state index contributed by atoms with van der Waals surface area (Å²) in [5, 5.41) is 6.86. The zero-order valence-electron chi connectivity index (χ0n) is 8.72. The van der Waals surface area contributed by atoms with Crippen LogP contribution in [0.1, 0.15) is 37.9 Å². The lowest BCUT2D eigenvalue weighted by Crippen LogP contribution is -2.23. The molecule has 2 fully saturated rings. The fourth-order valence-electron chi connectivity index (χ4n) is 1.91. The SMILES string of the molecule is CC1(c2noc(C3(F)CCNC3)n2)CC1. The molecule has 5 heteroatoms. The van der Waals surface area contributed by atoms with E-state index in [2.05, 4.69) is 22.4 Å². The van der Waals surface area contributed by atoms with Gasteiger partial charge < -0.3 is 9.84 Å². The fourth-order valence-corrected chi connectivity index (χ4v) is 1.91. The molecular weight excluding hydrogens is 197 g/mol. The zero-order chi connectivity index (χ0) is 10.5.